The van der Waals surface area contributed by atoms with Crippen LogP contribution in [-0.2, 0) is 20.9 Å². The molecule has 2 heterocycles. The van der Waals surface area contributed by atoms with Crippen LogP contribution in [0.1, 0.15) is 28.1 Å². The van der Waals surface area contributed by atoms with Crippen LogP contribution in [0, 0.1) is 5.41 Å². The molecule has 0 saturated carbocycles. The number of carbonyl (C=O) groups excluding carboxylic acids is 1. The van der Waals surface area contributed by atoms with Crippen molar-refractivity contribution in [3.8, 4) is 0 Å². The lowest BCUT2D eigenvalue weighted by Gasteiger charge is -2.33. The summed E-state index contributed by atoms with van der Waals surface area (Å²) < 4.78 is 10.3. The molecule has 1 saturated heterocycles. The highest BCUT2D eigenvalue weighted by atomic mass is 32.1. The largest absolute Gasteiger partial charge is 0.481 e. The highest BCUT2D eigenvalue weighted by Gasteiger charge is 2.40. The van der Waals surface area contributed by atoms with Gasteiger partial charge in [-0.05, 0) is 24.3 Å². The number of aliphatic carboxylic acids is 1. The standard InChI is InChI=1S/C14H19NO5S/c1-19-8-10-2-7-21-11(10)12(16)15-9-14(13(17)18)3-5-20-6-4-14/h2,7H,3-6,8-9H2,1H3,(H,15,16)(H,17,18). The van der Waals surface area contributed by atoms with Crippen molar-refractivity contribution >= 4 is 23.2 Å². The van der Waals surface area contributed by atoms with Gasteiger partial charge in [-0.3, -0.25) is 9.59 Å². The SMILES string of the molecule is COCc1ccsc1C(=O)NCC1(C(=O)O)CCOCC1. The Kier molecular flexibility index (Phi) is 5.33. The van der Waals surface area contributed by atoms with E-state index >= 15 is 0 Å². The molecule has 2 rings (SSSR count). The fraction of sp³-hybridized carbons (Fsp3) is 0.571. The molecular formula is C14H19NO5S. The molecule has 7 heteroatoms. The molecule has 2 N–H and O–H groups in total. The number of carboxylic acid groups (broad SMARTS) is 1. The normalized spacial score (nSPS) is 17.4. The minimum atomic E-state index is -0.924. The van der Waals surface area contributed by atoms with Crippen LogP contribution < -0.4 is 5.32 Å². The van der Waals surface area contributed by atoms with Crippen LogP contribution >= 0.6 is 11.3 Å². The lowest BCUT2D eigenvalue weighted by molar-refractivity contribution is -0.154. The lowest BCUT2D eigenvalue weighted by atomic mass is 9.80. The fourth-order valence-corrected chi connectivity index (χ4v) is 3.19. The number of thiophene rings is 1. The van der Waals surface area contributed by atoms with Crippen molar-refractivity contribution in [2.45, 2.75) is 19.4 Å². The van der Waals surface area contributed by atoms with E-state index in [0.29, 0.717) is 37.5 Å². The van der Waals surface area contributed by atoms with E-state index in [4.69, 9.17) is 9.47 Å². The number of carbonyl (C=O) groups is 2. The van der Waals surface area contributed by atoms with Crippen LogP contribution in [0.3, 0.4) is 0 Å². The zero-order chi connectivity index (χ0) is 15.3. The van der Waals surface area contributed by atoms with Crippen molar-refractivity contribution in [2.75, 3.05) is 26.9 Å². The van der Waals surface area contributed by atoms with Gasteiger partial charge in [0.05, 0.1) is 16.9 Å². The summed E-state index contributed by atoms with van der Waals surface area (Å²) in [5.74, 6) is -1.13. The molecule has 1 amide bonds. The van der Waals surface area contributed by atoms with Gasteiger partial charge in [-0.2, -0.15) is 0 Å². The number of nitrogens with one attached hydrogen (secondary N) is 1. The molecule has 1 aromatic rings. The number of rotatable bonds is 6. The summed E-state index contributed by atoms with van der Waals surface area (Å²) in [4.78, 5) is 24.3. The zero-order valence-corrected chi connectivity index (χ0v) is 12.7. The van der Waals surface area contributed by atoms with Crippen LogP contribution in [0.2, 0.25) is 0 Å². The number of hydrogen-bond acceptors (Lipinski definition) is 5. The molecule has 0 bridgehead atoms. The highest BCUT2D eigenvalue weighted by Crippen LogP contribution is 2.30. The van der Waals surface area contributed by atoms with Crippen LogP contribution in [0.15, 0.2) is 11.4 Å². The first kappa shape index (κ1) is 15.9. The Morgan fingerprint density at radius 1 is 1.48 bits per heavy atom. The van der Waals surface area contributed by atoms with Gasteiger partial charge in [0.2, 0.25) is 0 Å². The summed E-state index contributed by atoms with van der Waals surface area (Å²) in [6.45, 7) is 1.31. The van der Waals surface area contributed by atoms with Gasteiger partial charge in [-0.15, -0.1) is 11.3 Å². The van der Waals surface area contributed by atoms with E-state index in [0.717, 1.165) is 5.56 Å². The molecule has 1 aromatic heterocycles. The van der Waals surface area contributed by atoms with E-state index in [1.807, 2.05) is 11.4 Å². The molecule has 0 unspecified atom stereocenters. The first-order valence-electron chi connectivity index (χ1n) is 6.74. The second-order valence-electron chi connectivity index (χ2n) is 5.09. The summed E-state index contributed by atoms with van der Waals surface area (Å²) in [6.07, 6.45) is 0.829. The van der Waals surface area contributed by atoms with Gasteiger partial charge in [0.15, 0.2) is 0 Å². The van der Waals surface area contributed by atoms with Crippen LogP contribution in [0.4, 0.5) is 0 Å². The van der Waals surface area contributed by atoms with Crippen molar-refractivity contribution < 1.29 is 24.2 Å². The smallest absolute Gasteiger partial charge is 0.311 e. The number of ether oxygens (including phenoxy) is 2. The average Bonchev–Trinajstić information content (AvgIpc) is 2.94. The van der Waals surface area contributed by atoms with E-state index in [-0.39, 0.29) is 12.5 Å². The molecule has 1 aliphatic heterocycles. The van der Waals surface area contributed by atoms with Crippen LogP contribution in [0.25, 0.3) is 0 Å². The minimum absolute atomic E-state index is 0.120. The first-order valence-corrected chi connectivity index (χ1v) is 7.62. The van der Waals surface area contributed by atoms with Gasteiger partial charge < -0.3 is 19.9 Å². The summed E-state index contributed by atoms with van der Waals surface area (Å²) >= 11 is 1.33. The lowest BCUT2D eigenvalue weighted by Crippen LogP contribution is -2.46. The van der Waals surface area contributed by atoms with Gasteiger partial charge in [-0.1, -0.05) is 0 Å². The predicted octanol–water partition coefficient (Wildman–Crippen LogP) is 1.51. The second-order valence-corrected chi connectivity index (χ2v) is 6.00. The number of methoxy groups -OCH3 is 1. The Balaban J connectivity index is 2.02. The van der Waals surface area contributed by atoms with Crippen molar-refractivity contribution in [2.24, 2.45) is 5.41 Å². The Morgan fingerprint density at radius 2 is 2.19 bits per heavy atom. The first-order chi connectivity index (χ1) is 10.1. The molecule has 0 radical (unpaired) electrons. The summed E-state index contributed by atoms with van der Waals surface area (Å²) in [5.41, 5.74) is -0.108. The fourth-order valence-electron chi connectivity index (χ4n) is 2.36. The topological polar surface area (TPSA) is 84.9 Å². The van der Waals surface area contributed by atoms with E-state index in [1.54, 1.807) is 7.11 Å². The van der Waals surface area contributed by atoms with E-state index in [2.05, 4.69) is 5.32 Å². The van der Waals surface area contributed by atoms with Crippen molar-refractivity contribution in [3.63, 3.8) is 0 Å². The van der Waals surface area contributed by atoms with Gasteiger partial charge in [0, 0.05) is 32.4 Å². The third-order valence-electron chi connectivity index (χ3n) is 3.74. The third kappa shape index (κ3) is 3.61. The Bertz CT molecular complexity index is 507. The van der Waals surface area contributed by atoms with Gasteiger partial charge in [-0.25, -0.2) is 0 Å². The number of amides is 1. The van der Waals surface area contributed by atoms with Gasteiger partial charge >= 0.3 is 5.97 Å². The minimum Gasteiger partial charge on any atom is -0.481 e. The summed E-state index contributed by atoms with van der Waals surface area (Å²) in [7, 11) is 1.57. The highest BCUT2D eigenvalue weighted by molar-refractivity contribution is 7.12. The van der Waals surface area contributed by atoms with Crippen molar-refractivity contribution in [1.29, 1.82) is 0 Å². The second kappa shape index (κ2) is 7.02. The molecular weight excluding hydrogens is 294 g/mol. The predicted molar refractivity (Wildman–Crippen MR) is 77.5 cm³/mol. The number of hydrogen-bond donors (Lipinski definition) is 2. The van der Waals surface area contributed by atoms with Gasteiger partial charge in [0.25, 0.3) is 5.91 Å². The summed E-state index contributed by atoms with van der Waals surface area (Å²) in [5, 5.41) is 14.0. The third-order valence-corrected chi connectivity index (χ3v) is 4.70. The summed E-state index contributed by atoms with van der Waals surface area (Å²) in [6, 6.07) is 1.84. The Labute approximate surface area is 127 Å². The van der Waals surface area contributed by atoms with Crippen LogP contribution in [-0.4, -0.2) is 43.9 Å². The van der Waals surface area contributed by atoms with E-state index in [9.17, 15) is 14.7 Å². The number of carboxylic acids is 1. The monoisotopic (exact) mass is 313 g/mol. The van der Waals surface area contributed by atoms with Gasteiger partial charge in [0.1, 0.15) is 0 Å². The maximum Gasteiger partial charge on any atom is 0.311 e. The van der Waals surface area contributed by atoms with E-state index in [1.165, 1.54) is 11.3 Å². The zero-order valence-electron chi connectivity index (χ0n) is 11.9. The van der Waals surface area contributed by atoms with Crippen molar-refractivity contribution in [3.05, 3.63) is 21.9 Å². The molecule has 0 aromatic carbocycles. The van der Waals surface area contributed by atoms with Crippen molar-refractivity contribution in [1.82, 2.24) is 5.32 Å². The molecule has 0 spiro atoms. The van der Waals surface area contributed by atoms with Crippen LogP contribution in [0.5, 0.6) is 0 Å². The molecule has 21 heavy (non-hydrogen) atoms. The van der Waals surface area contributed by atoms with E-state index < -0.39 is 11.4 Å². The molecule has 1 aliphatic rings. The molecule has 6 nitrogen and oxygen atoms in total. The maximum atomic E-state index is 12.2. The quantitative estimate of drug-likeness (QED) is 0.831. The average molecular weight is 313 g/mol. The molecule has 0 atom stereocenters. The maximum absolute atomic E-state index is 12.2. The molecule has 1 fully saturated rings. The molecule has 0 aliphatic carbocycles. The Morgan fingerprint density at radius 3 is 2.81 bits per heavy atom. The Hall–Kier alpha value is -1.44. The molecule has 116 valence electrons.